The largest absolute Gasteiger partial charge is 0.469 e. The van der Waals surface area contributed by atoms with E-state index in [9.17, 15) is 4.79 Å². The van der Waals surface area contributed by atoms with Crippen LogP contribution in [0.2, 0.25) is 0 Å². The van der Waals surface area contributed by atoms with Crippen LogP contribution in [0.3, 0.4) is 0 Å². The van der Waals surface area contributed by atoms with Gasteiger partial charge in [0.1, 0.15) is 0 Å². The summed E-state index contributed by atoms with van der Waals surface area (Å²) in [5.41, 5.74) is 1.02. The van der Waals surface area contributed by atoms with Gasteiger partial charge < -0.3 is 10.1 Å². The average molecular weight is 249 g/mol. The van der Waals surface area contributed by atoms with E-state index in [-0.39, 0.29) is 17.4 Å². The lowest BCUT2D eigenvalue weighted by Gasteiger charge is -2.27. The van der Waals surface area contributed by atoms with Crippen molar-refractivity contribution in [2.75, 3.05) is 13.7 Å². The lowest BCUT2D eigenvalue weighted by atomic mass is 9.96. The lowest BCUT2D eigenvalue weighted by molar-refractivity contribution is -0.142. The highest BCUT2D eigenvalue weighted by Crippen LogP contribution is 2.18. The number of methoxy groups -OCH3 is 1. The van der Waals surface area contributed by atoms with Crippen LogP contribution in [-0.4, -0.2) is 25.2 Å². The number of rotatable bonds is 6. The van der Waals surface area contributed by atoms with Crippen molar-refractivity contribution < 1.29 is 9.53 Å². The number of hydrogen-bond acceptors (Lipinski definition) is 3. The van der Waals surface area contributed by atoms with Crippen molar-refractivity contribution in [2.45, 2.75) is 38.6 Å². The topological polar surface area (TPSA) is 38.3 Å². The zero-order valence-electron chi connectivity index (χ0n) is 11.7. The average Bonchev–Trinajstić information content (AvgIpc) is 2.39. The first-order valence-corrected chi connectivity index (χ1v) is 6.38. The van der Waals surface area contributed by atoms with Crippen molar-refractivity contribution in [3.8, 4) is 0 Å². The molecule has 0 aliphatic carbocycles. The molecule has 0 radical (unpaired) electrons. The Bertz CT molecular complexity index is 373. The van der Waals surface area contributed by atoms with Gasteiger partial charge in [0, 0.05) is 12.1 Å². The molecular formula is C15H23NO2. The summed E-state index contributed by atoms with van der Waals surface area (Å²) in [4.78, 5) is 11.9. The van der Waals surface area contributed by atoms with Gasteiger partial charge in [-0.25, -0.2) is 0 Å². The third kappa shape index (κ3) is 4.15. The molecule has 0 saturated heterocycles. The molecule has 0 amide bonds. The van der Waals surface area contributed by atoms with E-state index in [1.807, 2.05) is 30.3 Å². The van der Waals surface area contributed by atoms with Gasteiger partial charge in [-0.1, -0.05) is 37.3 Å². The van der Waals surface area contributed by atoms with E-state index in [2.05, 4.69) is 26.1 Å². The maximum Gasteiger partial charge on any atom is 0.314 e. The van der Waals surface area contributed by atoms with Crippen LogP contribution in [-0.2, 0) is 9.53 Å². The maximum absolute atomic E-state index is 11.9. The van der Waals surface area contributed by atoms with Crippen molar-refractivity contribution in [2.24, 2.45) is 0 Å². The molecule has 0 heterocycles. The van der Waals surface area contributed by atoms with Gasteiger partial charge in [-0.3, -0.25) is 4.79 Å². The molecule has 1 rings (SSSR count). The van der Waals surface area contributed by atoms with Crippen molar-refractivity contribution in [1.82, 2.24) is 5.32 Å². The Morgan fingerprint density at radius 3 is 2.44 bits per heavy atom. The molecule has 0 spiro atoms. The molecule has 0 fully saturated rings. The summed E-state index contributed by atoms with van der Waals surface area (Å²) >= 11 is 0. The van der Waals surface area contributed by atoms with Crippen LogP contribution in [0.1, 0.15) is 38.7 Å². The van der Waals surface area contributed by atoms with Gasteiger partial charge in [0.15, 0.2) is 0 Å². The maximum atomic E-state index is 11.9. The van der Waals surface area contributed by atoms with E-state index in [1.165, 1.54) is 7.11 Å². The van der Waals surface area contributed by atoms with E-state index in [1.54, 1.807) is 0 Å². The van der Waals surface area contributed by atoms with Crippen LogP contribution in [0.15, 0.2) is 30.3 Å². The highest BCUT2D eigenvalue weighted by Gasteiger charge is 2.24. The second-order valence-corrected chi connectivity index (χ2v) is 5.10. The molecule has 1 aromatic rings. The van der Waals surface area contributed by atoms with Gasteiger partial charge in [-0.2, -0.15) is 0 Å². The molecule has 3 heteroatoms. The second-order valence-electron chi connectivity index (χ2n) is 5.10. The summed E-state index contributed by atoms with van der Waals surface area (Å²) < 4.78 is 4.89. The molecule has 18 heavy (non-hydrogen) atoms. The van der Waals surface area contributed by atoms with Gasteiger partial charge in [-0.15, -0.1) is 0 Å². The van der Waals surface area contributed by atoms with Crippen molar-refractivity contribution >= 4 is 5.97 Å². The van der Waals surface area contributed by atoms with E-state index in [0.717, 1.165) is 12.0 Å². The van der Waals surface area contributed by atoms with Gasteiger partial charge in [0.2, 0.25) is 0 Å². The summed E-state index contributed by atoms with van der Waals surface area (Å²) in [5, 5.41) is 3.42. The summed E-state index contributed by atoms with van der Waals surface area (Å²) in [7, 11) is 1.43. The van der Waals surface area contributed by atoms with Crippen LogP contribution in [0.4, 0.5) is 0 Å². The molecule has 0 aromatic heterocycles. The van der Waals surface area contributed by atoms with Crippen molar-refractivity contribution in [3.63, 3.8) is 0 Å². The number of carbonyl (C=O) groups excluding carboxylic acids is 1. The predicted octanol–water partition coefficient (Wildman–Crippen LogP) is 2.72. The molecule has 3 nitrogen and oxygen atoms in total. The zero-order chi connectivity index (χ0) is 13.6. The summed E-state index contributed by atoms with van der Waals surface area (Å²) in [5.74, 6) is -0.442. The first-order valence-electron chi connectivity index (χ1n) is 6.38. The molecule has 1 unspecified atom stereocenters. The minimum absolute atomic E-state index is 0.0288. The molecule has 1 N–H and O–H groups in total. The third-order valence-corrected chi connectivity index (χ3v) is 3.36. The summed E-state index contributed by atoms with van der Waals surface area (Å²) in [6.45, 7) is 6.98. The predicted molar refractivity (Wildman–Crippen MR) is 73.6 cm³/mol. The Kier molecular flexibility index (Phi) is 5.35. The van der Waals surface area contributed by atoms with Gasteiger partial charge in [-0.05, 0) is 25.8 Å². The SMILES string of the molecule is CCC(C)(C)NCC(C(=O)OC)c1ccccc1. The molecule has 1 atom stereocenters. The number of benzene rings is 1. The Balaban J connectivity index is 2.78. The molecule has 0 bridgehead atoms. The second kappa shape index (κ2) is 6.55. The van der Waals surface area contributed by atoms with Gasteiger partial charge in [0.05, 0.1) is 13.0 Å². The number of hydrogen-bond donors (Lipinski definition) is 1. The smallest absolute Gasteiger partial charge is 0.314 e. The standard InChI is InChI=1S/C15H23NO2/c1-5-15(2,3)16-11-13(14(17)18-4)12-9-7-6-8-10-12/h6-10,13,16H,5,11H2,1-4H3. The van der Waals surface area contributed by atoms with Crippen LogP contribution in [0.25, 0.3) is 0 Å². The molecule has 1 aromatic carbocycles. The summed E-state index contributed by atoms with van der Waals surface area (Å²) in [6, 6.07) is 9.75. The molecule has 0 saturated carbocycles. The van der Waals surface area contributed by atoms with Crippen LogP contribution >= 0.6 is 0 Å². The quantitative estimate of drug-likeness (QED) is 0.788. The lowest BCUT2D eigenvalue weighted by Crippen LogP contribution is -2.42. The first-order chi connectivity index (χ1) is 8.50. The third-order valence-electron chi connectivity index (χ3n) is 3.36. The monoisotopic (exact) mass is 249 g/mol. The fraction of sp³-hybridized carbons (Fsp3) is 0.533. The number of carbonyl (C=O) groups is 1. The minimum Gasteiger partial charge on any atom is -0.469 e. The Morgan fingerprint density at radius 2 is 1.94 bits per heavy atom. The van der Waals surface area contributed by atoms with E-state index in [4.69, 9.17) is 4.74 Å². The zero-order valence-corrected chi connectivity index (χ0v) is 11.7. The number of ether oxygens (including phenoxy) is 1. The number of nitrogens with one attached hydrogen (secondary N) is 1. The van der Waals surface area contributed by atoms with Gasteiger partial charge >= 0.3 is 5.97 Å². The van der Waals surface area contributed by atoms with E-state index in [0.29, 0.717) is 6.54 Å². The van der Waals surface area contributed by atoms with E-state index < -0.39 is 0 Å². The van der Waals surface area contributed by atoms with Crippen LogP contribution in [0, 0.1) is 0 Å². The van der Waals surface area contributed by atoms with Crippen LogP contribution < -0.4 is 5.32 Å². The Labute approximate surface area is 110 Å². The molecule has 0 aliphatic heterocycles. The van der Waals surface area contributed by atoms with Crippen molar-refractivity contribution in [3.05, 3.63) is 35.9 Å². The fourth-order valence-corrected chi connectivity index (χ4v) is 1.67. The highest BCUT2D eigenvalue weighted by atomic mass is 16.5. The Hall–Kier alpha value is -1.35. The fourth-order valence-electron chi connectivity index (χ4n) is 1.67. The normalized spacial score (nSPS) is 13.1. The van der Waals surface area contributed by atoms with Crippen LogP contribution in [0.5, 0.6) is 0 Å². The van der Waals surface area contributed by atoms with E-state index >= 15 is 0 Å². The summed E-state index contributed by atoms with van der Waals surface area (Å²) in [6.07, 6.45) is 1.01. The molecular weight excluding hydrogens is 226 g/mol. The highest BCUT2D eigenvalue weighted by molar-refractivity contribution is 5.78. The molecule has 100 valence electrons. The first kappa shape index (κ1) is 14.7. The van der Waals surface area contributed by atoms with Gasteiger partial charge in [0.25, 0.3) is 0 Å². The van der Waals surface area contributed by atoms with Crippen molar-refractivity contribution in [1.29, 1.82) is 0 Å². The Morgan fingerprint density at radius 1 is 1.33 bits per heavy atom. The minimum atomic E-state index is -0.248. The molecule has 0 aliphatic rings. The number of esters is 1.